The third-order valence-corrected chi connectivity index (χ3v) is 9.28. The maximum Gasteiger partial charge on any atom is 0.186 e. The van der Waals surface area contributed by atoms with Gasteiger partial charge in [0.2, 0.25) is 0 Å². The van der Waals surface area contributed by atoms with E-state index in [0.717, 1.165) is 80.0 Å². The van der Waals surface area contributed by atoms with Crippen molar-refractivity contribution < 1.29 is 9.90 Å². The Labute approximate surface area is 240 Å². The molecule has 2 nitrogen and oxygen atoms in total. The molecule has 216 valence electrons. The molecule has 0 aliphatic carbocycles. The van der Waals surface area contributed by atoms with Crippen LogP contribution in [-0.4, -0.2) is 10.9 Å². The summed E-state index contributed by atoms with van der Waals surface area (Å²) in [6, 6.07) is 8.74. The van der Waals surface area contributed by atoms with Crippen LogP contribution in [0.3, 0.4) is 0 Å². The molecule has 0 amide bonds. The zero-order valence-electron chi connectivity index (χ0n) is 26.5. The van der Waals surface area contributed by atoms with Gasteiger partial charge < -0.3 is 5.11 Å². The van der Waals surface area contributed by atoms with E-state index in [1.807, 2.05) is 12.1 Å². The van der Waals surface area contributed by atoms with Crippen LogP contribution in [0.2, 0.25) is 0 Å². The minimum Gasteiger partial charge on any atom is -0.508 e. The highest BCUT2D eigenvalue weighted by Gasteiger charge is 2.30. The van der Waals surface area contributed by atoms with Crippen molar-refractivity contribution in [3.8, 4) is 5.75 Å². The second kappa shape index (κ2) is 16.0. The number of phenols is 1. The lowest BCUT2D eigenvalue weighted by Gasteiger charge is -2.30. The van der Waals surface area contributed by atoms with Gasteiger partial charge in [0, 0.05) is 11.1 Å². The monoisotopic (exact) mass is 532 g/mol. The van der Waals surface area contributed by atoms with Gasteiger partial charge in [0.05, 0.1) is 0 Å². The number of allylic oxidation sites excluding steroid dienone is 1. The third-order valence-electron chi connectivity index (χ3n) is 9.28. The fourth-order valence-electron chi connectivity index (χ4n) is 6.64. The number of aryl methyl sites for hydroxylation is 1. The second-order valence-corrected chi connectivity index (χ2v) is 11.3. The van der Waals surface area contributed by atoms with Crippen LogP contribution in [0.25, 0.3) is 6.08 Å². The van der Waals surface area contributed by atoms with Crippen molar-refractivity contribution in [2.45, 2.75) is 144 Å². The van der Waals surface area contributed by atoms with Crippen molar-refractivity contribution in [1.82, 2.24) is 0 Å². The van der Waals surface area contributed by atoms with Gasteiger partial charge in [0.25, 0.3) is 0 Å². The molecule has 0 aromatic heterocycles. The first kappa shape index (κ1) is 32.9. The molecule has 0 fully saturated rings. The predicted octanol–water partition coefficient (Wildman–Crippen LogP) is 11.5. The van der Waals surface area contributed by atoms with E-state index >= 15 is 0 Å². The second-order valence-electron chi connectivity index (χ2n) is 11.3. The van der Waals surface area contributed by atoms with Gasteiger partial charge in [-0.1, -0.05) is 86.6 Å². The highest BCUT2D eigenvalue weighted by atomic mass is 16.3. The molecule has 1 N–H and O–H groups in total. The number of rotatable bonds is 16. The zero-order valence-corrected chi connectivity index (χ0v) is 26.5. The van der Waals surface area contributed by atoms with Crippen LogP contribution in [0.4, 0.5) is 0 Å². The van der Waals surface area contributed by atoms with Gasteiger partial charge in [-0.25, -0.2) is 0 Å². The first-order valence-corrected chi connectivity index (χ1v) is 16.0. The molecular weight excluding hydrogens is 476 g/mol. The van der Waals surface area contributed by atoms with E-state index in [-0.39, 0.29) is 23.5 Å². The summed E-state index contributed by atoms with van der Waals surface area (Å²) in [5, 5.41) is 11.5. The highest BCUT2D eigenvalue weighted by Crippen LogP contribution is 2.45. The summed E-state index contributed by atoms with van der Waals surface area (Å²) in [4.78, 5) is 14.4. The topological polar surface area (TPSA) is 37.3 Å². The molecule has 0 spiro atoms. The van der Waals surface area contributed by atoms with Crippen LogP contribution < -0.4 is 0 Å². The van der Waals surface area contributed by atoms with Gasteiger partial charge in [0.1, 0.15) is 5.75 Å². The van der Waals surface area contributed by atoms with Gasteiger partial charge in [-0.15, -0.1) is 0 Å². The number of phenolic OH excluding ortho intramolecular Hbond substituents is 1. The average Bonchev–Trinajstić information content (AvgIpc) is 2.95. The standard InChI is InChI=1S/C37H56O2/c1-10-25-19-21-31(26(11-2)12-3)30(23-25)20-22-33(38)37-32(27(13-4)14-5)24-34(39)35(28(15-6)16-7)36(37)29(17-8)18-9/h19-24,26-29,39H,10-18H2,1-9H3/b22-20-. The van der Waals surface area contributed by atoms with Gasteiger partial charge in [-0.3, -0.25) is 4.79 Å². The smallest absolute Gasteiger partial charge is 0.186 e. The number of carbonyl (C=O) groups excluding carboxylic acids is 1. The van der Waals surface area contributed by atoms with Crippen molar-refractivity contribution in [2.75, 3.05) is 0 Å². The fourth-order valence-corrected chi connectivity index (χ4v) is 6.64. The molecule has 2 heteroatoms. The Kier molecular flexibility index (Phi) is 13.5. The van der Waals surface area contributed by atoms with Crippen molar-refractivity contribution in [1.29, 1.82) is 0 Å². The Morgan fingerprint density at radius 2 is 1.15 bits per heavy atom. The Balaban J connectivity index is 2.88. The average molecular weight is 533 g/mol. The molecule has 0 heterocycles. The van der Waals surface area contributed by atoms with Crippen LogP contribution in [0.15, 0.2) is 30.3 Å². The van der Waals surface area contributed by atoms with Crippen LogP contribution >= 0.6 is 0 Å². The van der Waals surface area contributed by atoms with E-state index in [1.54, 1.807) is 0 Å². The van der Waals surface area contributed by atoms with Gasteiger partial charge in [-0.05, 0) is 121 Å². The molecule has 0 bridgehead atoms. The van der Waals surface area contributed by atoms with Gasteiger partial charge in [0.15, 0.2) is 5.78 Å². The number of hydrogen-bond acceptors (Lipinski definition) is 2. The summed E-state index contributed by atoms with van der Waals surface area (Å²) in [6.45, 7) is 19.9. The quantitative estimate of drug-likeness (QED) is 0.172. The molecule has 0 unspecified atom stereocenters. The Morgan fingerprint density at radius 1 is 0.667 bits per heavy atom. The molecule has 0 radical (unpaired) electrons. The molecule has 0 saturated carbocycles. The minimum atomic E-state index is 0.0865. The number of carbonyl (C=O) groups is 1. The summed E-state index contributed by atoms with van der Waals surface area (Å²) >= 11 is 0. The van der Waals surface area contributed by atoms with E-state index < -0.39 is 0 Å². The first-order chi connectivity index (χ1) is 18.8. The molecule has 2 aromatic rings. The predicted molar refractivity (Wildman–Crippen MR) is 171 cm³/mol. The maximum absolute atomic E-state index is 14.4. The number of benzene rings is 2. The summed E-state index contributed by atoms with van der Waals surface area (Å²) in [7, 11) is 0. The number of ketones is 1. The normalized spacial score (nSPS) is 12.1. The third kappa shape index (κ3) is 7.44. The van der Waals surface area contributed by atoms with Crippen LogP contribution in [0, 0.1) is 0 Å². The summed E-state index contributed by atoms with van der Waals surface area (Å²) < 4.78 is 0. The Morgan fingerprint density at radius 3 is 1.64 bits per heavy atom. The minimum absolute atomic E-state index is 0.0865. The molecule has 2 rings (SSSR count). The maximum atomic E-state index is 14.4. The molecule has 39 heavy (non-hydrogen) atoms. The SMILES string of the molecule is CCc1ccc(C(CC)CC)c(/C=C\C(=O)c2c(C(CC)CC)cc(O)c(C(CC)CC)c2C(CC)CC)c1. The van der Waals surface area contributed by atoms with E-state index in [4.69, 9.17) is 0 Å². The van der Waals surface area contributed by atoms with E-state index in [9.17, 15) is 9.90 Å². The zero-order chi connectivity index (χ0) is 29.1. The van der Waals surface area contributed by atoms with E-state index in [0.29, 0.717) is 11.7 Å². The number of hydrogen-bond donors (Lipinski definition) is 1. The summed E-state index contributed by atoms with van der Waals surface area (Å²) in [6.07, 6.45) is 12.8. The molecule has 0 atom stereocenters. The van der Waals surface area contributed by atoms with Crippen LogP contribution in [-0.2, 0) is 6.42 Å². The molecule has 0 aliphatic heterocycles. The Hall–Kier alpha value is -2.35. The lowest BCUT2D eigenvalue weighted by Crippen LogP contribution is -2.17. The van der Waals surface area contributed by atoms with Gasteiger partial charge >= 0.3 is 0 Å². The van der Waals surface area contributed by atoms with Crippen LogP contribution in [0.5, 0.6) is 5.75 Å². The highest BCUT2D eigenvalue weighted by molar-refractivity contribution is 6.09. The van der Waals surface area contributed by atoms with Crippen molar-refractivity contribution in [3.63, 3.8) is 0 Å². The van der Waals surface area contributed by atoms with E-state index in [1.165, 1.54) is 16.7 Å². The molecule has 2 aromatic carbocycles. The lowest BCUT2D eigenvalue weighted by molar-refractivity contribution is 0.104. The Bertz CT molecular complexity index is 1080. The van der Waals surface area contributed by atoms with E-state index in [2.05, 4.69) is 86.6 Å². The largest absolute Gasteiger partial charge is 0.508 e. The number of aromatic hydroxyl groups is 1. The molecule has 0 aliphatic rings. The van der Waals surface area contributed by atoms with Crippen molar-refractivity contribution in [2.24, 2.45) is 0 Å². The van der Waals surface area contributed by atoms with Crippen LogP contribution in [0.1, 0.15) is 181 Å². The van der Waals surface area contributed by atoms with Gasteiger partial charge in [-0.2, -0.15) is 0 Å². The molecular formula is C37H56O2. The summed E-state index contributed by atoms with van der Waals surface area (Å²) in [5.74, 6) is 1.70. The lowest BCUT2D eigenvalue weighted by atomic mass is 9.74. The summed E-state index contributed by atoms with van der Waals surface area (Å²) in [5.41, 5.74) is 7.84. The first-order valence-electron chi connectivity index (χ1n) is 16.0. The molecule has 0 saturated heterocycles. The van der Waals surface area contributed by atoms with Crippen molar-refractivity contribution >= 4 is 11.9 Å². The van der Waals surface area contributed by atoms with Crippen molar-refractivity contribution in [3.05, 3.63) is 69.3 Å². The fraction of sp³-hybridized carbons (Fsp3) is 0.595.